The molecule has 0 saturated heterocycles. The highest BCUT2D eigenvalue weighted by atomic mass is 35.5. The van der Waals surface area contributed by atoms with Gasteiger partial charge in [0.05, 0.1) is 16.7 Å². The van der Waals surface area contributed by atoms with E-state index in [9.17, 15) is 18.7 Å². The lowest BCUT2D eigenvalue weighted by molar-refractivity contribution is -0.0964. The van der Waals surface area contributed by atoms with Gasteiger partial charge in [0.2, 0.25) is 0 Å². The lowest BCUT2D eigenvalue weighted by Gasteiger charge is -2.20. The number of hydrogen-bond acceptors (Lipinski definition) is 5. The lowest BCUT2D eigenvalue weighted by Crippen LogP contribution is -2.16. The highest BCUT2D eigenvalue weighted by Crippen LogP contribution is 2.35. The molecule has 8 nitrogen and oxygen atoms in total. The number of carbonyl (C=O) groups is 1. The van der Waals surface area contributed by atoms with Crippen molar-refractivity contribution in [3.05, 3.63) is 60.0 Å². The van der Waals surface area contributed by atoms with Crippen LogP contribution in [0.1, 0.15) is 35.1 Å². The average Bonchev–Trinajstić information content (AvgIpc) is 3.42. The van der Waals surface area contributed by atoms with Crippen molar-refractivity contribution in [2.75, 3.05) is 5.32 Å². The van der Waals surface area contributed by atoms with E-state index in [4.69, 9.17) is 11.6 Å². The number of benzene rings is 2. The number of H-pyrrole nitrogens is 1. The first-order valence-corrected chi connectivity index (χ1v) is 10.6. The van der Waals surface area contributed by atoms with Crippen molar-refractivity contribution in [1.82, 2.24) is 19.7 Å². The van der Waals surface area contributed by atoms with Gasteiger partial charge in [0.1, 0.15) is 17.7 Å². The number of aryl methyl sites for hydroxylation is 1. The number of nitrogens with zero attached hydrogens (tertiary/aromatic N) is 3. The fourth-order valence-corrected chi connectivity index (χ4v) is 4.11. The molecule has 1 atom stereocenters. The van der Waals surface area contributed by atoms with Gasteiger partial charge < -0.3 is 19.7 Å². The molecule has 170 valence electrons. The Kier molecular flexibility index (Phi) is 5.26. The molecule has 0 spiro atoms. The number of amides is 1. The molecule has 2 aromatic carbocycles. The summed E-state index contributed by atoms with van der Waals surface area (Å²) >= 11 is 4.77. The van der Waals surface area contributed by atoms with Crippen molar-refractivity contribution >= 4 is 34.2 Å². The zero-order chi connectivity index (χ0) is 23.2. The molecule has 11 heteroatoms. The van der Waals surface area contributed by atoms with Crippen LogP contribution >= 0.6 is 11.6 Å². The number of fused-ring (bicyclic) bond motifs is 3. The second-order valence-electron chi connectivity index (χ2n) is 7.67. The van der Waals surface area contributed by atoms with Crippen molar-refractivity contribution in [2.24, 2.45) is 0 Å². The summed E-state index contributed by atoms with van der Waals surface area (Å²) in [6.45, 7) is 0.714. The van der Waals surface area contributed by atoms with Crippen LogP contribution in [0.3, 0.4) is 0 Å². The first kappa shape index (κ1) is 21.4. The predicted molar refractivity (Wildman–Crippen MR) is 117 cm³/mol. The SMILES string of the molecule is O=C(Nc1ccc(OC(F)(F)Cl)cc1)c1cc(-c2ccn[nH]2)c2c(c1)nc1n2CCC[C@H]1O. The van der Waals surface area contributed by atoms with Crippen LogP contribution in [0.25, 0.3) is 22.3 Å². The molecule has 0 aliphatic carbocycles. The highest BCUT2D eigenvalue weighted by Gasteiger charge is 2.28. The molecule has 0 fully saturated rings. The van der Waals surface area contributed by atoms with Crippen molar-refractivity contribution in [3.63, 3.8) is 0 Å². The minimum atomic E-state index is -3.82. The minimum Gasteiger partial charge on any atom is -0.420 e. The number of rotatable bonds is 5. The van der Waals surface area contributed by atoms with Crippen LogP contribution < -0.4 is 10.1 Å². The third-order valence-electron chi connectivity index (χ3n) is 5.43. The van der Waals surface area contributed by atoms with Crippen LogP contribution in [0.15, 0.2) is 48.7 Å². The maximum Gasteiger partial charge on any atom is 0.487 e. The van der Waals surface area contributed by atoms with Crippen molar-refractivity contribution in [3.8, 4) is 17.0 Å². The summed E-state index contributed by atoms with van der Waals surface area (Å²) < 4.78 is 31.8. The molecule has 0 radical (unpaired) electrons. The molecule has 3 N–H and O–H groups in total. The number of hydrogen-bond donors (Lipinski definition) is 3. The number of carbonyl (C=O) groups excluding carboxylic acids is 1. The third-order valence-corrected chi connectivity index (χ3v) is 5.50. The average molecular weight is 474 g/mol. The number of ether oxygens (including phenoxy) is 1. The molecule has 0 bridgehead atoms. The van der Waals surface area contributed by atoms with Crippen LogP contribution in [0.4, 0.5) is 14.5 Å². The molecule has 4 aromatic rings. The van der Waals surface area contributed by atoms with Crippen LogP contribution in [-0.4, -0.2) is 36.3 Å². The zero-order valence-electron chi connectivity index (χ0n) is 17.1. The Hall–Kier alpha value is -3.50. The molecular weight excluding hydrogens is 456 g/mol. The lowest BCUT2D eigenvalue weighted by atomic mass is 10.0. The van der Waals surface area contributed by atoms with Gasteiger partial charge in [-0.25, -0.2) is 4.98 Å². The molecule has 5 rings (SSSR count). The Morgan fingerprint density at radius 1 is 1.27 bits per heavy atom. The van der Waals surface area contributed by atoms with Gasteiger partial charge in [-0.15, -0.1) is 8.78 Å². The number of aliphatic hydroxyl groups is 1. The summed E-state index contributed by atoms with van der Waals surface area (Å²) in [5, 5.41) is 20.1. The summed E-state index contributed by atoms with van der Waals surface area (Å²) in [5.41, 5.74) is -0.264. The number of aromatic amines is 1. The molecule has 2 aromatic heterocycles. The third kappa shape index (κ3) is 4.27. The van der Waals surface area contributed by atoms with Crippen molar-refractivity contribution in [2.45, 2.75) is 31.1 Å². The molecule has 0 saturated carbocycles. The van der Waals surface area contributed by atoms with E-state index in [2.05, 4.69) is 25.2 Å². The predicted octanol–water partition coefficient (Wildman–Crippen LogP) is 4.67. The smallest absolute Gasteiger partial charge is 0.420 e. The van der Waals surface area contributed by atoms with Crippen LogP contribution in [-0.2, 0) is 6.54 Å². The van der Waals surface area contributed by atoms with E-state index in [1.54, 1.807) is 24.4 Å². The Morgan fingerprint density at radius 3 is 2.76 bits per heavy atom. The molecule has 1 aliphatic rings. The van der Waals surface area contributed by atoms with Gasteiger partial charge in [-0.3, -0.25) is 9.89 Å². The fourth-order valence-electron chi connectivity index (χ4n) is 4.02. The molecule has 3 heterocycles. The first-order valence-electron chi connectivity index (χ1n) is 10.2. The Morgan fingerprint density at radius 2 is 2.06 bits per heavy atom. The Labute approximate surface area is 191 Å². The van der Waals surface area contributed by atoms with Crippen LogP contribution in [0.2, 0.25) is 0 Å². The number of aromatic nitrogens is 4. The molecular formula is C22H18ClF2N5O3. The number of imidazole rings is 1. The second-order valence-corrected chi connectivity index (χ2v) is 8.11. The minimum absolute atomic E-state index is 0.141. The van der Waals surface area contributed by atoms with E-state index in [0.29, 0.717) is 41.3 Å². The molecule has 33 heavy (non-hydrogen) atoms. The monoisotopic (exact) mass is 473 g/mol. The number of alkyl halides is 3. The maximum atomic E-state index is 13.0. The quantitative estimate of drug-likeness (QED) is 0.365. The zero-order valence-corrected chi connectivity index (χ0v) is 17.8. The molecule has 1 amide bonds. The molecule has 0 unspecified atom stereocenters. The van der Waals surface area contributed by atoms with Gasteiger partial charge in [-0.2, -0.15) is 5.10 Å². The normalized spacial score (nSPS) is 15.9. The number of halogens is 3. The first-order chi connectivity index (χ1) is 15.8. The number of aliphatic hydroxyl groups excluding tert-OH is 1. The fraction of sp³-hybridized carbons (Fsp3) is 0.227. The maximum absolute atomic E-state index is 13.0. The van der Waals surface area contributed by atoms with Gasteiger partial charge in [0.25, 0.3) is 5.91 Å². The summed E-state index contributed by atoms with van der Waals surface area (Å²) in [6, 6.07) is 10.6. The molecule has 1 aliphatic heterocycles. The van der Waals surface area contributed by atoms with E-state index < -0.39 is 17.6 Å². The Balaban J connectivity index is 1.50. The summed E-state index contributed by atoms with van der Waals surface area (Å²) in [4.78, 5) is 17.6. The van der Waals surface area contributed by atoms with Gasteiger partial charge >= 0.3 is 5.57 Å². The topological polar surface area (TPSA) is 105 Å². The van der Waals surface area contributed by atoms with Crippen LogP contribution in [0, 0.1) is 0 Å². The van der Waals surface area contributed by atoms with Crippen molar-refractivity contribution in [1.29, 1.82) is 0 Å². The van der Waals surface area contributed by atoms with Gasteiger partial charge in [-0.1, -0.05) is 0 Å². The summed E-state index contributed by atoms with van der Waals surface area (Å²) in [5.74, 6) is 0.0138. The largest absolute Gasteiger partial charge is 0.487 e. The second kappa shape index (κ2) is 8.13. The highest BCUT2D eigenvalue weighted by molar-refractivity contribution is 6.20. The standard InChI is InChI=1S/C22H18ClF2N5O3/c23-22(24,25)33-14-5-3-13(4-6-14)27-21(32)12-10-15(16-7-8-26-29-16)19-17(11-12)28-20-18(31)2-1-9-30(19)20/h3-8,10-11,18,31H,1-2,9H2,(H,26,29)(H,27,32)/t18-/m1/s1. The van der Waals surface area contributed by atoms with E-state index in [0.717, 1.165) is 17.5 Å². The summed E-state index contributed by atoms with van der Waals surface area (Å²) in [6.07, 6.45) is 2.40. The van der Waals surface area contributed by atoms with Gasteiger partial charge in [0.15, 0.2) is 0 Å². The van der Waals surface area contributed by atoms with E-state index in [1.807, 2.05) is 4.57 Å². The van der Waals surface area contributed by atoms with Gasteiger partial charge in [0, 0.05) is 41.2 Å². The van der Waals surface area contributed by atoms with E-state index >= 15 is 0 Å². The summed E-state index contributed by atoms with van der Waals surface area (Å²) in [7, 11) is 0. The number of nitrogens with one attached hydrogen (secondary N) is 2. The van der Waals surface area contributed by atoms with Crippen molar-refractivity contribution < 1.29 is 23.4 Å². The number of anilines is 1. The van der Waals surface area contributed by atoms with Gasteiger partial charge in [-0.05, 0) is 55.3 Å². The van der Waals surface area contributed by atoms with Crippen LogP contribution in [0.5, 0.6) is 5.75 Å². The van der Waals surface area contributed by atoms with E-state index in [-0.39, 0.29) is 5.75 Å². The van der Waals surface area contributed by atoms with E-state index in [1.165, 1.54) is 24.3 Å². The Bertz CT molecular complexity index is 1320.